The van der Waals surface area contributed by atoms with Gasteiger partial charge in [-0.25, -0.2) is 0 Å². The quantitative estimate of drug-likeness (QED) is 0.752. The highest BCUT2D eigenvalue weighted by atomic mass is 35.5. The molecule has 0 bridgehead atoms. The first-order valence-electron chi connectivity index (χ1n) is 7.84. The molecule has 0 aliphatic rings. The predicted molar refractivity (Wildman–Crippen MR) is 102 cm³/mol. The lowest BCUT2D eigenvalue weighted by Gasteiger charge is -2.15. The van der Waals surface area contributed by atoms with Crippen molar-refractivity contribution >= 4 is 29.3 Å². The number of nitrogens with one attached hydrogen (secondary N) is 1. The molecule has 24 heavy (non-hydrogen) atoms. The number of rotatable bonds is 8. The fourth-order valence-electron chi connectivity index (χ4n) is 2.06. The molecule has 2 aromatic carbocycles. The summed E-state index contributed by atoms with van der Waals surface area (Å²) in [5.41, 5.74) is 2.36. The highest BCUT2D eigenvalue weighted by Crippen LogP contribution is 2.15. The summed E-state index contributed by atoms with van der Waals surface area (Å²) in [5.74, 6) is 2.06. The molecule has 0 aromatic heterocycles. The molecule has 128 valence electrons. The molecule has 0 unspecified atom stereocenters. The summed E-state index contributed by atoms with van der Waals surface area (Å²) in [6.45, 7) is 4.43. The van der Waals surface area contributed by atoms with Crippen molar-refractivity contribution in [2.24, 2.45) is 0 Å². The van der Waals surface area contributed by atoms with E-state index >= 15 is 0 Å². The van der Waals surface area contributed by atoms with Crippen LogP contribution in [0.4, 0.5) is 0 Å². The lowest BCUT2D eigenvalue weighted by molar-refractivity contribution is -0.119. The van der Waals surface area contributed by atoms with Crippen LogP contribution in [0.25, 0.3) is 0 Å². The topological polar surface area (TPSA) is 38.3 Å². The van der Waals surface area contributed by atoms with Crippen LogP contribution in [-0.4, -0.2) is 24.3 Å². The van der Waals surface area contributed by atoms with Crippen molar-refractivity contribution in [2.75, 3.05) is 12.4 Å². The van der Waals surface area contributed by atoms with Crippen molar-refractivity contribution in [1.82, 2.24) is 5.32 Å². The van der Waals surface area contributed by atoms with Crippen LogP contribution in [0.2, 0.25) is 5.02 Å². The molecule has 5 heteroatoms. The zero-order chi connectivity index (χ0) is 17.4. The molecule has 2 rings (SSSR count). The van der Waals surface area contributed by atoms with Crippen LogP contribution in [0.3, 0.4) is 0 Å². The first-order valence-corrected chi connectivity index (χ1v) is 9.37. The van der Waals surface area contributed by atoms with Gasteiger partial charge in [-0.3, -0.25) is 4.79 Å². The van der Waals surface area contributed by atoms with Crippen molar-refractivity contribution in [1.29, 1.82) is 0 Å². The number of thioether (sulfide) groups is 1. The number of halogens is 1. The Kier molecular flexibility index (Phi) is 7.47. The van der Waals surface area contributed by atoms with Gasteiger partial charge >= 0.3 is 0 Å². The van der Waals surface area contributed by atoms with E-state index in [-0.39, 0.29) is 11.9 Å². The van der Waals surface area contributed by atoms with Gasteiger partial charge in [-0.15, -0.1) is 11.8 Å². The molecule has 0 fully saturated rings. The molecule has 2 aromatic rings. The molecular formula is C19H22ClNO2S. The number of carbonyl (C=O) groups excluding carboxylic acids is 1. The summed E-state index contributed by atoms with van der Waals surface area (Å²) in [5, 5.41) is 3.68. The lowest BCUT2D eigenvalue weighted by atomic mass is 10.2. The zero-order valence-corrected chi connectivity index (χ0v) is 15.5. The second-order valence-corrected chi connectivity index (χ2v) is 7.13. The molecule has 3 nitrogen and oxygen atoms in total. The number of ether oxygens (including phenoxy) is 1. The second-order valence-electron chi connectivity index (χ2n) is 5.71. The molecule has 0 saturated carbocycles. The number of benzene rings is 2. The highest BCUT2D eigenvalue weighted by molar-refractivity contribution is 7.99. The minimum absolute atomic E-state index is 0.0222. The maximum absolute atomic E-state index is 11.9. The lowest BCUT2D eigenvalue weighted by Crippen LogP contribution is -2.37. The van der Waals surface area contributed by atoms with Crippen molar-refractivity contribution < 1.29 is 9.53 Å². The van der Waals surface area contributed by atoms with E-state index in [2.05, 4.69) is 5.32 Å². The normalized spacial score (nSPS) is 11.8. The van der Waals surface area contributed by atoms with E-state index in [9.17, 15) is 4.79 Å². The Labute approximate surface area is 152 Å². The molecular weight excluding hydrogens is 342 g/mol. The van der Waals surface area contributed by atoms with E-state index in [0.29, 0.717) is 12.4 Å². The Morgan fingerprint density at radius 1 is 1.17 bits per heavy atom. The minimum Gasteiger partial charge on any atom is -0.491 e. The van der Waals surface area contributed by atoms with Crippen LogP contribution in [0.15, 0.2) is 48.5 Å². The van der Waals surface area contributed by atoms with Gasteiger partial charge in [0.05, 0.1) is 11.8 Å². The van der Waals surface area contributed by atoms with Crippen LogP contribution in [0, 0.1) is 6.92 Å². The highest BCUT2D eigenvalue weighted by Gasteiger charge is 2.08. The van der Waals surface area contributed by atoms with Gasteiger partial charge in [0.2, 0.25) is 5.91 Å². The van der Waals surface area contributed by atoms with E-state index in [1.165, 1.54) is 5.56 Å². The number of hydrogen-bond donors (Lipinski definition) is 1. The SMILES string of the molecule is Cc1ccc(OC[C@H](C)NC(=O)CSCc2ccc(Cl)cc2)cc1. The maximum atomic E-state index is 11.9. The molecule has 1 atom stereocenters. The van der Waals surface area contributed by atoms with Crippen molar-refractivity contribution in [3.8, 4) is 5.75 Å². The Morgan fingerprint density at radius 3 is 2.50 bits per heavy atom. The van der Waals surface area contributed by atoms with Gasteiger partial charge in [0, 0.05) is 10.8 Å². The van der Waals surface area contributed by atoms with Gasteiger partial charge in [0.25, 0.3) is 0 Å². The first kappa shape index (κ1) is 18.7. The average Bonchev–Trinajstić information content (AvgIpc) is 2.56. The Hall–Kier alpha value is -1.65. The molecule has 0 aliphatic heterocycles. The van der Waals surface area contributed by atoms with Crippen LogP contribution < -0.4 is 10.1 Å². The molecule has 1 N–H and O–H groups in total. The van der Waals surface area contributed by atoms with Gasteiger partial charge < -0.3 is 10.1 Å². The van der Waals surface area contributed by atoms with Gasteiger partial charge in [-0.2, -0.15) is 0 Å². The third-order valence-electron chi connectivity index (χ3n) is 3.34. The fraction of sp³-hybridized carbons (Fsp3) is 0.316. The summed E-state index contributed by atoms with van der Waals surface area (Å²) in [6, 6.07) is 15.5. The average molecular weight is 364 g/mol. The first-order chi connectivity index (χ1) is 11.5. The third-order valence-corrected chi connectivity index (χ3v) is 4.60. The summed E-state index contributed by atoms with van der Waals surface area (Å²) in [6.07, 6.45) is 0. The van der Waals surface area contributed by atoms with Gasteiger partial charge in [0.1, 0.15) is 12.4 Å². The van der Waals surface area contributed by atoms with E-state index < -0.39 is 0 Å². The maximum Gasteiger partial charge on any atom is 0.230 e. The summed E-state index contributed by atoms with van der Waals surface area (Å²) >= 11 is 7.43. The molecule has 0 heterocycles. The van der Waals surface area contributed by atoms with E-state index in [0.717, 1.165) is 22.1 Å². The minimum atomic E-state index is -0.0325. The van der Waals surface area contributed by atoms with Crippen molar-refractivity contribution in [2.45, 2.75) is 25.6 Å². The Balaban J connectivity index is 1.64. The zero-order valence-electron chi connectivity index (χ0n) is 13.9. The summed E-state index contributed by atoms with van der Waals surface area (Å²) < 4.78 is 5.67. The Morgan fingerprint density at radius 2 is 1.83 bits per heavy atom. The van der Waals surface area contributed by atoms with Crippen LogP contribution in [-0.2, 0) is 10.5 Å². The predicted octanol–water partition coefficient (Wildman–Crippen LogP) is 4.47. The molecule has 0 radical (unpaired) electrons. The molecule has 0 spiro atoms. The van der Waals surface area contributed by atoms with Crippen LogP contribution >= 0.6 is 23.4 Å². The number of hydrogen-bond acceptors (Lipinski definition) is 3. The molecule has 1 amide bonds. The van der Waals surface area contributed by atoms with Crippen molar-refractivity contribution in [3.05, 3.63) is 64.7 Å². The Bertz CT molecular complexity index is 643. The fourth-order valence-corrected chi connectivity index (χ4v) is 2.98. The van der Waals surface area contributed by atoms with Crippen LogP contribution in [0.5, 0.6) is 5.75 Å². The number of aryl methyl sites for hydroxylation is 1. The largest absolute Gasteiger partial charge is 0.491 e. The second kappa shape index (κ2) is 9.60. The van der Waals surface area contributed by atoms with Crippen molar-refractivity contribution in [3.63, 3.8) is 0 Å². The molecule has 0 saturated heterocycles. The van der Waals surface area contributed by atoms with Gasteiger partial charge in [-0.1, -0.05) is 41.4 Å². The van der Waals surface area contributed by atoms with Gasteiger partial charge in [0.15, 0.2) is 0 Å². The van der Waals surface area contributed by atoms with E-state index in [4.69, 9.17) is 16.3 Å². The summed E-state index contributed by atoms with van der Waals surface area (Å²) in [4.78, 5) is 11.9. The standard InChI is InChI=1S/C19H22ClNO2S/c1-14-3-9-18(10-4-14)23-11-15(2)21-19(22)13-24-12-16-5-7-17(20)8-6-16/h3-10,15H,11-13H2,1-2H3,(H,21,22)/t15-/m0/s1. The monoisotopic (exact) mass is 363 g/mol. The summed E-state index contributed by atoms with van der Waals surface area (Å²) in [7, 11) is 0. The van der Waals surface area contributed by atoms with Crippen LogP contribution in [0.1, 0.15) is 18.1 Å². The molecule has 0 aliphatic carbocycles. The number of amides is 1. The smallest absolute Gasteiger partial charge is 0.230 e. The number of carbonyl (C=O) groups is 1. The van der Waals surface area contributed by atoms with E-state index in [1.54, 1.807) is 11.8 Å². The van der Waals surface area contributed by atoms with E-state index in [1.807, 2.05) is 62.4 Å². The van der Waals surface area contributed by atoms with Gasteiger partial charge in [-0.05, 0) is 43.7 Å². The third kappa shape index (κ3) is 6.85.